The molecule has 180 valence electrons. The Morgan fingerprint density at radius 1 is 0.879 bits per heavy atom. The van der Waals surface area contributed by atoms with E-state index in [1.807, 2.05) is 62.4 Å². The number of nitrogens with one attached hydrogen (secondary N) is 1. The third-order valence-electron chi connectivity index (χ3n) is 5.23. The second-order valence-electron chi connectivity index (χ2n) is 8.31. The summed E-state index contributed by atoms with van der Waals surface area (Å²) in [7, 11) is 3.23. The predicted molar refractivity (Wildman–Crippen MR) is 129 cm³/mol. The first kappa shape index (κ1) is 26.0. The molecule has 1 unspecified atom stereocenters. The quantitative estimate of drug-likeness (QED) is 0.460. The van der Waals surface area contributed by atoms with E-state index in [4.69, 9.17) is 14.2 Å². The first-order valence-corrected chi connectivity index (χ1v) is 11.3. The molecule has 1 atom stereocenters. The minimum absolute atomic E-state index is 0.0867. The number of methoxy groups -OCH3 is 2. The van der Waals surface area contributed by atoms with Crippen LogP contribution in [0.2, 0.25) is 0 Å². The first-order chi connectivity index (χ1) is 15.8. The molecule has 33 heavy (non-hydrogen) atoms. The van der Waals surface area contributed by atoms with E-state index in [1.54, 1.807) is 26.0 Å². The zero-order valence-electron chi connectivity index (χ0n) is 20.3. The van der Waals surface area contributed by atoms with Crippen LogP contribution in [0.15, 0.2) is 48.5 Å². The van der Waals surface area contributed by atoms with Crippen molar-refractivity contribution in [3.63, 3.8) is 0 Å². The Hall–Kier alpha value is -3.22. The van der Waals surface area contributed by atoms with Crippen molar-refractivity contribution in [2.75, 3.05) is 27.4 Å². The van der Waals surface area contributed by atoms with Crippen LogP contribution in [0.3, 0.4) is 0 Å². The standard InChI is InChI=1S/C26H36N2O5/c1-19(2)17-27-26(30)20(3)28(18-21-8-10-22(31-4)11-9-21)25(29)7-6-16-33-24-14-12-23(32-5)13-15-24/h8-15,19-20H,6-7,16-18H2,1-5H3,(H,27,30). The molecule has 0 aliphatic heterocycles. The maximum Gasteiger partial charge on any atom is 0.242 e. The van der Waals surface area contributed by atoms with Gasteiger partial charge in [-0.05, 0) is 61.2 Å². The zero-order valence-corrected chi connectivity index (χ0v) is 20.3. The average Bonchev–Trinajstić information content (AvgIpc) is 2.83. The first-order valence-electron chi connectivity index (χ1n) is 11.3. The van der Waals surface area contributed by atoms with E-state index in [0.29, 0.717) is 32.0 Å². The van der Waals surface area contributed by atoms with Crippen molar-refractivity contribution in [1.82, 2.24) is 10.2 Å². The van der Waals surface area contributed by atoms with Gasteiger partial charge < -0.3 is 24.4 Å². The highest BCUT2D eigenvalue weighted by molar-refractivity contribution is 5.87. The van der Waals surface area contributed by atoms with Gasteiger partial charge in [0, 0.05) is 19.5 Å². The van der Waals surface area contributed by atoms with Crippen molar-refractivity contribution < 1.29 is 23.8 Å². The number of nitrogens with zero attached hydrogens (tertiary/aromatic N) is 1. The van der Waals surface area contributed by atoms with Crippen molar-refractivity contribution >= 4 is 11.8 Å². The molecule has 0 fully saturated rings. The zero-order chi connectivity index (χ0) is 24.2. The van der Waals surface area contributed by atoms with Gasteiger partial charge in [-0.15, -0.1) is 0 Å². The van der Waals surface area contributed by atoms with Gasteiger partial charge in [0.25, 0.3) is 0 Å². The summed E-state index contributed by atoms with van der Waals surface area (Å²) in [6.07, 6.45) is 0.832. The number of carbonyl (C=O) groups excluding carboxylic acids is 2. The smallest absolute Gasteiger partial charge is 0.242 e. The summed E-state index contributed by atoms with van der Waals surface area (Å²) < 4.78 is 16.1. The maximum atomic E-state index is 13.1. The van der Waals surface area contributed by atoms with Gasteiger partial charge in [-0.1, -0.05) is 26.0 Å². The van der Waals surface area contributed by atoms with E-state index >= 15 is 0 Å². The highest BCUT2D eigenvalue weighted by Gasteiger charge is 2.25. The van der Waals surface area contributed by atoms with Crippen molar-refractivity contribution in [2.45, 2.75) is 46.2 Å². The Kier molecular flexibility index (Phi) is 10.5. The van der Waals surface area contributed by atoms with Gasteiger partial charge in [0.05, 0.1) is 20.8 Å². The molecule has 0 radical (unpaired) electrons. The van der Waals surface area contributed by atoms with Crippen LogP contribution in [0.1, 0.15) is 39.2 Å². The highest BCUT2D eigenvalue weighted by Crippen LogP contribution is 2.18. The minimum atomic E-state index is -0.583. The number of amides is 2. The summed E-state index contributed by atoms with van der Waals surface area (Å²) in [5, 5.41) is 2.93. The molecule has 2 rings (SSSR count). The minimum Gasteiger partial charge on any atom is -0.497 e. The van der Waals surface area contributed by atoms with Gasteiger partial charge in [-0.2, -0.15) is 0 Å². The van der Waals surface area contributed by atoms with Gasteiger partial charge in [0.2, 0.25) is 11.8 Å². The van der Waals surface area contributed by atoms with Crippen LogP contribution in [0.5, 0.6) is 17.2 Å². The summed E-state index contributed by atoms with van der Waals surface area (Å²) in [5.74, 6) is 2.32. The Morgan fingerprint density at radius 2 is 1.42 bits per heavy atom. The largest absolute Gasteiger partial charge is 0.497 e. The third-order valence-corrected chi connectivity index (χ3v) is 5.23. The Bertz CT molecular complexity index is 865. The number of rotatable bonds is 13. The van der Waals surface area contributed by atoms with Crippen LogP contribution >= 0.6 is 0 Å². The molecule has 2 amide bonds. The van der Waals surface area contributed by atoms with E-state index in [0.717, 1.165) is 22.8 Å². The van der Waals surface area contributed by atoms with E-state index < -0.39 is 6.04 Å². The third kappa shape index (κ3) is 8.67. The van der Waals surface area contributed by atoms with Crippen molar-refractivity contribution in [2.24, 2.45) is 5.92 Å². The number of hydrogen-bond donors (Lipinski definition) is 1. The van der Waals surface area contributed by atoms with Gasteiger partial charge >= 0.3 is 0 Å². The molecule has 2 aromatic rings. The van der Waals surface area contributed by atoms with Crippen LogP contribution in [-0.4, -0.2) is 50.1 Å². The van der Waals surface area contributed by atoms with E-state index in [2.05, 4.69) is 5.32 Å². The molecule has 2 aromatic carbocycles. The van der Waals surface area contributed by atoms with E-state index in [9.17, 15) is 9.59 Å². The van der Waals surface area contributed by atoms with Gasteiger partial charge in [-0.25, -0.2) is 0 Å². The molecule has 0 spiro atoms. The Morgan fingerprint density at radius 3 is 1.97 bits per heavy atom. The van der Waals surface area contributed by atoms with Crippen molar-refractivity contribution in [1.29, 1.82) is 0 Å². The lowest BCUT2D eigenvalue weighted by Gasteiger charge is -2.29. The summed E-state index contributed by atoms with van der Waals surface area (Å²) in [5.41, 5.74) is 0.933. The van der Waals surface area contributed by atoms with Crippen LogP contribution in [0.25, 0.3) is 0 Å². The molecule has 7 heteroatoms. The molecule has 1 N–H and O–H groups in total. The van der Waals surface area contributed by atoms with Crippen LogP contribution in [0.4, 0.5) is 0 Å². The monoisotopic (exact) mass is 456 g/mol. The number of ether oxygens (including phenoxy) is 3. The number of carbonyl (C=O) groups is 2. The van der Waals surface area contributed by atoms with E-state index in [1.165, 1.54) is 0 Å². The summed E-state index contributed by atoms with van der Waals surface area (Å²) in [6.45, 7) is 7.16. The summed E-state index contributed by atoms with van der Waals surface area (Å²) >= 11 is 0. The molecule has 0 saturated heterocycles. The SMILES string of the molecule is COc1ccc(CN(C(=O)CCCOc2ccc(OC)cc2)C(C)C(=O)NCC(C)C)cc1. The summed E-state index contributed by atoms with van der Waals surface area (Å²) in [6, 6.07) is 14.3. The van der Waals surface area contributed by atoms with Crippen LogP contribution in [0, 0.1) is 5.92 Å². The lowest BCUT2D eigenvalue weighted by atomic mass is 10.1. The molecule has 0 aromatic heterocycles. The molecule has 0 heterocycles. The van der Waals surface area contributed by atoms with Crippen LogP contribution < -0.4 is 19.5 Å². The second-order valence-corrected chi connectivity index (χ2v) is 8.31. The molecule has 0 bridgehead atoms. The molecule has 7 nitrogen and oxygen atoms in total. The summed E-state index contributed by atoms with van der Waals surface area (Å²) in [4.78, 5) is 27.4. The van der Waals surface area contributed by atoms with Gasteiger partial charge in [-0.3, -0.25) is 9.59 Å². The Balaban J connectivity index is 1.98. The lowest BCUT2D eigenvalue weighted by molar-refractivity contribution is -0.140. The Labute approximate surface area is 197 Å². The van der Waals surface area contributed by atoms with E-state index in [-0.39, 0.29) is 18.2 Å². The fourth-order valence-electron chi connectivity index (χ4n) is 3.19. The lowest BCUT2D eigenvalue weighted by Crippen LogP contribution is -2.48. The molecular weight excluding hydrogens is 420 g/mol. The molecule has 0 saturated carbocycles. The average molecular weight is 457 g/mol. The van der Waals surface area contributed by atoms with Gasteiger partial charge in [0.1, 0.15) is 23.3 Å². The number of hydrogen-bond acceptors (Lipinski definition) is 5. The molecule has 0 aliphatic rings. The second kappa shape index (κ2) is 13.4. The van der Waals surface area contributed by atoms with Crippen molar-refractivity contribution in [3.05, 3.63) is 54.1 Å². The van der Waals surface area contributed by atoms with Crippen LogP contribution in [-0.2, 0) is 16.1 Å². The predicted octanol–water partition coefficient (Wildman–Crippen LogP) is 4.05. The highest BCUT2D eigenvalue weighted by atomic mass is 16.5. The molecule has 0 aliphatic carbocycles. The topological polar surface area (TPSA) is 77.1 Å². The number of benzene rings is 2. The maximum absolute atomic E-state index is 13.1. The normalized spacial score (nSPS) is 11.6. The van der Waals surface area contributed by atoms with Crippen molar-refractivity contribution in [3.8, 4) is 17.2 Å². The fraction of sp³-hybridized carbons (Fsp3) is 0.462. The van der Waals surface area contributed by atoms with Gasteiger partial charge in [0.15, 0.2) is 0 Å². The molecular formula is C26H36N2O5. The fourth-order valence-corrected chi connectivity index (χ4v) is 3.19.